The molecular formula is C11H22MoNS3-. The van der Waals surface area contributed by atoms with Crippen LogP contribution in [0.15, 0.2) is 0 Å². The summed E-state index contributed by atoms with van der Waals surface area (Å²) in [6.45, 7) is 3.21. The molecule has 0 aliphatic carbocycles. The fraction of sp³-hybridized carbons (Fsp3) is 0.909. The van der Waals surface area contributed by atoms with E-state index < -0.39 is 0 Å². The summed E-state index contributed by atoms with van der Waals surface area (Å²) in [6, 6.07) is 0. The molecule has 1 nitrogen and oxygen atoms in total. The van der Waals surface area contributed by atoms with Crippen molar-refractivity contribution in [3.05, 3.63) is 0 Å². The molecule has 0 aliphatic rings. The van der Waals surface area contributed by atoms with E-state index in [9.17, 15) is 0 Å². The summed E-state index contributed by atoms with van der Waals surface area (Å²) in [5.41, 5.74) is 0. The van der Waals surface area contributed by atoms with Gasteiger partial charge in [-0.25, -0.2) is 0 Å². The standard InChI is InChI=1S/C11H23NS2.Mo.S/c1-2-3-4-5-6-7-8-9-10-12-11(13)14;;/h2-10H2,1H3,(H2,12,13,14);;/p-1. The van der Waals surface area contributed by atoms with Crippen molar-refractivity contribution in [2.75, 3.05) is 6.54 Å². The second-order valence-electron chi connectivity index (χ2n) is 3.69. The summed E-state index contributed by atoms with van der Waals surface area (Å²) in [4.78, 5) is 0. The molecule has 1 N–H and O–H groups in total. The number of nitrogens with one attached hydrogen (secondary N) is 1. The maximum atomic E-state index is 4.75. The summed E-state index contributed by atoms with van der Waals surface area (Å²) < 4.78 is 0.507. The van der Waals surface area contributed by atoms with Crippen LogP contribution < -0.4 is 5.32 Å². The zero-order valence-electron chi connectivity index (χ0n) is 10.00. The van der Waals surface area contributed by atoms with Crippen molar-refractivity contribution < 1.29 is 18.0 Å². The molecular weight excluding hydrogens is 338 g/mol. The molecule has 0 bridgehead atoms. The van der Waals surface area contributed by atoms with E-state index in [4.69, 9.17) is 24.8 Å². The maximum absolute atomic E-state index is 4.75. The Hall–Kier alpha value is 1.02. The van der Waals surface area contributed by atoms with E-state index in [1.54, 1.807) is 0 Å². The topological polar surface area (TPSA) is 12.0 Å². The molecule has 0 heterocycles. The average Bonchev–Trinajstić information content (AvgIpc) is 2.29. The van der Waals surface area contributed by atoms with Crippen molar-refractivity contribution in [3.8, 4) is 0 Å². The number of thiocarbonyl (C=S) groups is 1. The van der Waals surface area contributed by atoms with Gasteiger partial charge < -0.3 is 30.2 Å². The molecule has 5 heteroatoms. The molecule has 0 saturated heterocycles. The van der Waals surface area contributed by atoms with Crippen LogP contribution in [0.4, 0.5) is 0 Å². The SMILES string of the molecule is CCCCCCCCCCNC(=S)[S-].[S]=[Mo]. The molecule has 0 rings (SSSR count). The van der Waals surface area contributed by atoms with Crippen LogP contribution in [0.1, 0.15) is 58.3 Å². The second-order valence-corrected chi connectivity index (χ2v) is 4.76. The average molecular weight is 360 g/mol. The summed E-state index contributed by atoms with van der Waals surface area (Å²) in [6.07, 6.45) is 10.8. The number of hydrogen-bond donors (Lipinski definition) is 1. The predicted octanol–water partition coefficient (Wildman–Crippen LogP) is 4.19. The van der Waals surface area contributed by atoms with Crippen molar-refractivity contribution in [3.63, 3.8) is 0 Å². The molecule has 0 saturated carbocycles. The zero-order valence-corrected chi connectivity index (χ0v) is 14.5. The Bertz CT molecular complexity index is 156. The monoisotopic (exact) mass is 362 g/mol. The van der Waals surface area contributed by atoms with Crippen LogP contribution >= 0.6 is 22.0 Å². The van der Waals surface area contributed by atoms with E-state index in [0.29, 0.717) is 4.32 Å². The van der Waals surface area contributed by atoms with Gasteiger partial charge in [-0.1, -0.05) is 56.2 Å². The van der Waals surface area contributed by atoms with E-state index in [-0.39, 0.29) is 0 Å². The van der Waals surface area contributed by atoms with Crippen molar-refractivity contribution in [1.82, 2.24) is 5.32 Å². The van der Waals surface area contributed by atoms with Gasteiger partial charge in [0.1, 0.15) is 0 Å². The van der Waals surface area contributed by atoms with Crippen molar-refractivity contribution in [1.29, 1.82) is 0 Å². The van der Waals surface area contributed by atoms with Crippen molar-refractivity contribution in [2.45, 2.75) is 58.3 Å². The molecule has 0 atom stereocenters. The molecule has 0 fully saturated rings. The Morgan fingerprint density at radius 3 is 1.88 bits per heavy atom. The van der Waals surface area contributed by atoms with Gasteiger partial charge in [0, 0.05) is 6.54 Å². The van der Waals surface area contributed by atoms with Gasteiger partial charge in [-0.3, -0.25) is 0 Å². The predicted molar refractivity (Wildman–Crippen MR) is 78.2 cm³/mol. The fourth-order valence-electron chi connectivity index (χ4n) is 1.45. The Labute approximate surface area is 126 Å². The van der Waals surface area contributed by atoms with E-state index in [1.165, 1.54) is 69.4 Å². The summed E-state index contributed by atoms with van der Waals surface area (Å²) >= 11 is 11.0. The van der Waals surface area contributed by atoms with Gasteiger partial charge in [0.25, 0.3) is 0 Å². The Morgan fingerprint density at radius 1 is 1.00 bits per heavy atom. The van der Waals surface area contributed by atoms with E-state index in [1.807, 2.05) is 0 Å². The Balaban J connectivity index is 0. The molecule has 0 aliphatic heterocycles. The third-order valence-corrected chi connectivity index (χ3v) is 2.59. The van der Waals surface area contributed by atoms with Crippen LogP contribution in [-0.2, 0) is 30.6 Å². The van der Waals surface area contributed by atoms with Crippen LogP contribution in [0, 0.1) is 0 Å². The Kier molecular flexibility index (Phi) is 22.2. The van der Waals surface area contributed by atoms with Gasteiger partial charge in [-0.2, -0.15) is 0 Å². The minimum atomic E-state index is 0.507. The summed E-state index contributed by atoms with van der Waals surface area (Å²) in [7, 11) is 4.09. The van der Waals surface area contributed by atoms with Crippen LogP contribution in [0.2, 0.25) is 0 Å². The second kappa shape index (κ2) is 18.4. The molecule has 0 aromatic carbocycles. The molecule has 0 spiro atoms. The van der Waals surface area contributed by atoms with Crippen LogP contribution in [0.25, 0.3) is 0 Å². The number of rotatable bonds is 9. The quantitative estimate of drug-likeness (QED) is 0.286. The number of hydrogen-bond acceptors (Lipinski definition) is 3. The van der Waals surface area contributed by atoms with Gasteiger partial charge in [0.15, 0.2) is 0 Å². The fourth-order valence-corrected chi connectivity index (χ4v) is 1.65. The van der Waals surface area contributed by atoms with Crippen LogP contribution in [0.5, 0.6) is 0 Å². The molecule has 16 heavy (non-hydrogen) atoms. The minimum absolute atomic E-state index is 0.507. The van der Waals surface area contributed by atoms with Crippen molar-refractivity contribution in [2.24, 2.45) is 0 Å². The van der Waals surface area contributed by atoms with E-state index in [2.05, 4.69) is 22.1 Å². The summed E-state index contributed by atoms with van der Waals surface area (Å²) in [5, 5.41) is 3.00. The molecule has 0 amide bonds. The van der Waals surface area contributed by atoms with Crippen molar-refractivity contribution >= 4 is 39.0 Å². The van der Waals surface area contributed by atoms with E-state index in [0.717, 1.165) is 6.54 Å². The zero-order chi connectivity index (χ0) is 12.6. The first-order valence-corrected chi connectivity index (χ1v) is 9.49. The van der Waals surface area contributed by atoms with Gasteiger partial charge in [0.2, 0.25) is 0 Å². The first kappa shape index (κ1) is 19.4. The summed E-state index contributed by atoms with van der Waals surface area (Å²) in [5.74, 6) is 0. The van der Waals surface area contributed by atoms with Gasteiger partial charge in [0.05, 0.1) is 0 Å². The molecule has 0 radical (unpaired) electrons. The molecule has 0 aromatic rings. The number of unbranched alkanes of at least 4 members (excludes halogenated alkanes) is 7. The Morgan fingerprint density at radius 2 is 1.44 bits per heavy atom. The molecule has 0 unspecified atom stereocenters. The third-order valence-electron chi connectivity index (χ3n) is 2.30. The molecule has 0 aromatic heterocycles. The van der Waals surface area contributed by atoms with Crippen LogP contribution in [0.3, 0.4) is 0 Å². The first-order valence-electron chi connectivity index (χ1n) is 5.89. The van der Waals surface area contributed by atoms with Crippen LogP contribution in [-0.4, -0.2) is 10.9 Å². The third kappa shape index (κ3) is 20.4. The van der Waals surface area contributed by atoms with E-state index >= 15 is 0 Å². The van der Waals surface area contributed by atoms with Gasteiger partial charge >= 0.3 is 27.8 Å². The molecule has 96 valence electrons. The normalized spacial score (nSPS) is 9.06. The van der Waals surface area contributed by atoms with Gasteiger partial charge in [-0.05, 0) is 6.42 Å². The first-order chi connectivity index (χ1) is 7.77. The van der Waals surface area contributed by atoms with Gasteiger partial charge in [-0.15, -0.1) is 0 Å².